The van der Waals surface area contributed by atoms with Gasteiger partial charge in [-0.2, -0.15) is 0 Å². The maximum atomic E-state index is 11.0. The van der Waals surface area contributed by atoms with Crippen LogP contribution in [0.3, 0.4) is 0 Å². The molecule has 0 saturated heterocycles. The summed E-state index contributed by atoms with van der Waals surface area (Å²) in [4.78, 5) is 2.05. The van der Waals surface area contributed by atoms with E-state index in [9.17, 15) is 13.5 Å². The topological polar surface area (TPSA) is 57.6 Å². The van der Waals surface area contributed by atoms with Crippen molar-refractivity contribution in [1.29, 1.82) is 0 Å². The molecule has 0 saturated carbocycles. The number of fused-ring (bicyclic) bond motifs is 1. The molecule has 2 rings (SSSR count). The summed E-state index contributed by atoms with van der Waals surface area (Å²) in [6.45, 7) is 0.944. The fraction of sp³-hybridized carbons (Fsp3) is 0.455. The van der Waals surface area contributed by atoms with Gasteiger partial charge in [-0.15, -0.1) is 0 Å². The van der Waals surface area contributed by atoms with Gasteiger partial charge in [0.15, 0.2) is 0 Å². The molecule has 1 aliphatic rings. The van der Waals surface area contributed by atoms with Crippen molar-refractivity contribution in [2.24, 2.45) is 0 Å². The van der Waals surface area contributed by atoms with Gasteiger partial charge in [-0.25, -0.2) is 8.42 Å². The number of hydrogen-bond acceptors (Lipinski definition) is 4. The monoisotopic (exact) mass is 275 g/mol. The zero-order valence-corrected chi connectivity index (χ0v) is 11.1. The van der Waals surface area contributed by atoms with Crippen LogP contribution in [0, 0.1) is 0 Å². The summed E-state index contributed by atoms with van der Waals surface area (Å²) in [5.74, 6) is -0.268. The molecule has 0 atom stereocenters. The predicted molar refractivity (Wildman–Crippen MR) is 68.2 cm³/mol. The number of anilines is 1. The Hall–Kier alpha value is -0.940. The van der Waals surface area contributed by atoms with Crippen LogP contribution in [0.2, 0.25) is 0 Å². The quantitative estimate of drug-likeness (QED) is 0.837. The van der Waals surface area contributed by atoms with Gasteiger partial charge < -0.3 is 10.0 Å². The highest BCUT2D eigenvalue weighted by molar-refractivity contribution is 8.13. The van der Waals surface area contributed by atoms with E-state index in [2.05, 4.69) is 4.90 Å². The standard InChI is InChI=1S/C11H14ClNO3S/c1-13-6-2-3-9-10(13)5-4-8(11(9)14)7-17(12,15)16/h4-5,14H,2-3,6-7H2,1H3. The number of nitrogens with zero attached hydrogens (tertiary/aromatic N) is 1. The largest absolute Gasteiger partial charge is 0.507 e. The first kappa shape index (κ1) is 12.5. The maximum absolute atomic E-state index is 11.0. The molecule has 1 aromatic rings. The fourth-order valence-corrected chi connectivity index (χ4v) is 3.15. The molecular formula is C11H14ClNO3S. The van der Waals surface area contributed by atoms with E-state index in [0.717, 1.165) is 30.6 Å². The second-order valence-corrected chi connectivity index (χ2v) is 7.06. The highest BCUT2D eigenvalue weighted by Gasteiger charge is 2.21. The van der Waals surface area contributed by atoms with E-state index in [0.29, 0.717) is 5.56 Å². The van der Waals surface area contributed by atoms with Crippen LogP contribution in [0.1, 0.15) is 17.5 Å². The lowest BCUT2D eigenvalue weighted by Gasteiger charge is -2.28. The third-order valence-corrected chi connectivity index (χ3v) is 3.98. The first-order chi connectivity index (χ1) is 7.88. The minimum atomic E-state index is -3.64. The highest BCUT2D eigenvalue weighted by Crippen LogP contribution is 2.36. The van der Waals surface area contributed by atoms with Crippen molar-refractivity contribution in [3.8, 4) is 5.75 Å². The Balaban J connectivity index is 2.45. The third kappa shape index (κ3) is 2.66. The summed E-state index contributed by atoms with van der Waals surface area (Å²) >= 11 is 0. The minimum absolute atomic E-state index is 0.0678. The Morgan fingerprint density at radius 1 is 1.47 bits per heavy atom. The molecule has 0 aromatic heterocycles. The van der Waals surface area contributed by atoms with Gasteiger partial charge in [-0.05, 0) is 18.9 Å². The molecule has 0 aliphatic carbocycles. The van der Waals surface area contributed by atoms with Crippen LogP contribution in [0.15, 0.2) is 12.1 Å². The molecule has 17 heavy (non-hydrogen) atoms. The first-order valence-corrected chi connectivity index (χ1v) is 7.83. The second-order valence-electron chi connectivity index (χ2n) is 4.28. The Bertz CT molecular complexity index is 542. The Labute approximate surface area is 105 Å². The molecule has 0 bridgehead atoms. The average molecular weight is 276 g/mol. The van der Waals surface area contributed by atoms with Crippen LogP contribution >= 0.6 is 10.7 Å². The van der Waals surface area contributed by atoms with E-state index < -0.39 is 9.05 Å². The van der Waals surface area contributed by atoms with Gasteiger partial charge in [0, 0.05) is 41.1 Å². The molecule has 0 amide bonds. The molecule has 4 nitrogen and oxygen atoms in total. The molecule has 0 fully saturated rings. The number of phenols is 1. The molecule has 94 valence electrons. The number of hydrogen-bond donors (Lipinski definition) is 1. The summed E-state index contributed by atoms with van der Waals surface area (Å²) in [6.07, 6.45) is 1.72. The van der Waals surface area contributed by atoms with Crippen molar-refractivity contribution in [2.45, 2.75) is 18.6 Å². The van der Waals surface area contributed by atoms with E-state index in [-0.39, 0.29) is 11.5 Å². The molecule has 1 N–H and O–H groups in total. The molecule has 0 unspecified atom stereocenters. The SMILES string of the molecule is CN1CCCc2c1ccc(CS(=O)(=O)Cl)c2O. The van der Waals surface area contributed by atoms with Gasteiger partial charge in [0.25, 0.3) is 0 Å². The smallest absolute Gasteiger partial charge is 0.236 e. The summed E-state index contributed by atoms with van der Waals surface area (Å²) in [5, 5.41) is 10.1. The van der Waals surface area contributed by atoms with Crippen molar-refractivity contribution in [2.75, 3.05) is 18.5 Å². The highest BCUT2D eigenvalue weighted by atomic mass is 35.7. The van der Waals surface area contributed by atoms with E-state index in [1.165, 1.54) is 0 Å². The molecule has 0 spiro atoms. The van der Waals surface area contributed by atoms with E-state index in [1.54, 1.807) is 6.07 Å². The van der Waals surface area contributed by atoms with Crippen LogP contribution in [0.25, 0.3) is 0 Å². The van der Waals surface area contributed by atoms with Crippen LogP contribution in [0.5, 0.6) is 5.75 Å². The Morgan fingerprint density at radius 2 is 2.18 bits per heavy atom. The first-order valence-electron chi connectivity index (χ1n) is 5.35. The van der Waals surface area contributed by atoms with Crippen molar-refractivity contribution in [3.63, 3.8) is 0 Å². The summed E-state index contributed by atoms with van der Waals surface area (Å²) in [5.41, 5.74) is 2.15. The normalized spacial score (nSPS) is 15.8. The number of rotatable bonds is 2. The summed E-state index contributed by atoms with van der Waals surface area (Å²) in [7, 11) is 3.51. The maximum Gasteiger partial charge on any atom is 0.236 e. The Kier molecular flexibility index (Phi) is 3.23. The summed E-state index contributed by atoms with van der Waals surface area (Å²) in [6, 6.07) is 3.46. The zero-order chi connectivity index (χ0) is 12.6. The molecule has 1 aliphatic heterocycles. The second kappa shape index (κ2) is 4.38. The van der Waals surface area contributed by atoms with Crippen molar-refractivity contribution < 1.29 is 13.5 Å². The van der Waals surface area contributed by atoms with Crippen LogP contribution in [0.4, 0.5) is 5.69 Å². The van der Waals surface area contributed by atoms with Crippen molar-refractivity contribution in [3.05, 3.63) is 23.3 Å². The average Bonchev–Trinajstić information content (AvgIpc) is 2.21. The molecule has 1 heterocycles. The zero-order valence-electron chi connectivity index (χ0n) is 9.48. The van der Waals surface area contributed by atoms with Crippen LogP contribution < -0.4 is 4.90 Å². The molecule has 6 heteroatoms. The number of phenolic OH excluding ortho intramolecular Hbond substituents is 1. The number of aromatic hydroxyl groups is 1. The van der Waals surface area contributed by atoms with Gasteiger partial charge >= 0.3 is 0 Å². The van der Waals surface area contributed by atoms with Crippen molar-refractivity contribution >= 4 is 25.4 Å². The van der Waals surface area contributed by atoms with E-state index >= 15 is 0 Å². The minimum Gasteiger partial charge on any atom is -0.507 e. The van der Waals surface area contributed by atoms with Gasteiger partial charge in [-0.1, -0.05) is 6.07 Å². The van der Waals surface area contributed by atoms with Gasteiger partial charge in [-0.3, -0.25) is 0 Å². The Morgan fingerprint density at radius 3 is 2.82 bits per heavy atom. The van der Waals surface area contributed by atoms with Gasteiger partial charge in [0.05, 0.1) is 5.75 Å². The van der Waals surface area contributed by atoms with E-state index in [1.807, 2.05) is 13.1 Å². The number of benzene rings is 1. The lowest BCUT2D eigenvalue weighted by molar-refractivity contribution is 0.460. The third-order valence-electron chi connectivity index (χ3n) is 3.00. The lowest BCUT2D eigenvalue weighted by atomic mass is 9.98. The lowest BCUT2D eigenvalue weighted by Crippen LogP contribution is -2.24. The van der Waals surface area contributed by atoms with Gasteiger partial charge in [0.1, 0.15) is 5.75 Å². The predicted octanol–water partition coefficient (Wildman–Crippen LogP) is 1.84. The van der Waals surface area contributed by atoms with Crippen molar-refractivity contribution in [1.82, 2.24) is 0 Å². The molecule has 0 radical (unpaired) electrons. The molecular weight excluding hydrogens is 262 g/mol. The number of halogens is 1. The summed E-state index contributed by atoms with van der Waals surface area (Å²) < 4.78 is 22.1. The molecule has 1 aromatic carbocycles. The fourth-order valence-electron chi connectivity index (χ4n) is 2.19. The van der Waals surface area contributed by atoms with Crippen LogP contribution in [-0.2, 0) is 21.2 Å². The van der Waals surface area contributed by atoms with Gasteiger partial charge in [0.2, 0.25) is 9.05 Å². The van der Waals surface area contributed by atoms with Crippen LogP contribution in [-0.4, -0.2) is 27.1 Å². The van der Waals surface area contributed by atoms with E-state index in [4.69, 9.17) is 10.7 Å².